The minimum atomic E-state index is 0.833. The minimum Gasteiger partial charge on any atom is -0.0630 e. The number of benzene rings is 2. The Hall–Kier alpha value is -1.30. The van der Waals surface area contributed by atoms with Crippen molar-refractivity contribution in [1.82, 2.24) is 0 Å². The van der Waals surface area contributed by atoms with Gasteiger partial charge in [-0.1, -0.05) is 57.2 Å². The fourth-order valence-corrected chi connectivity index (χ4v) is 2.19. The van der Waals surface area contributed by atoms with Crippen molar-refractivity contribution in [2.24, 2.45) is 5.92 Å². The van der Waals surface area contributed by atoms with Gasteiger partial charge < -0.3 is 0 Å². The number of aryl methyl sites for hydroxylation is 2. The molecular formula is C16H20. The first kappa shape index (κ1) is 11.2. The highest BCUT2D eigenvalue weighted by Gasteiger charge is 2.11. The van der Waals surface area contributed by atoms with Crippen LogP contribution in [0, 0.1) is 5.92 Å². The van der Waals surface area contributed by atoms with Crippen LogP contribution in [0.2, 0.25) is 0 Å². The monoisotopic (exact) mass is 212 g/mol. The zero-order valence-electron chi connectivity index (χ0n) is 10.5. The second kappa shape index (κ2) is 4.69. The molecule has 0 amide bonds. The highest BCUT2D eigenvalue weighted by Crippen LogP contribution is 2.29. The molecule has 0 nitrogen and oxygen atoms in total. The highest BCUT2D eigenvalue weighted by atomic mass is 14.2. The van der Waals surface area contributed by atoms with E-state index >= 15 is 0 Å². The Kier molecular flexibility index (Phi) is 3.28. The van der Waals surface area contributed by atoms with Crippen LogP contribution in [-0.2, 0) is 12.8 Å². The van der Waals surface area contributed by atoms with Gasteiger partial charge in [-0.25, -0.2) is 0 Å². The normalized spacial score (nSPS) is 12.8. The van der Waals surface area contributed by atoms with Crippen molar-refractivity contribution in [1.29, 1.82) is 0 Å². The van der Waals surface area contributed by atoms with Crippen LogP contribution in [0.15, 0.2) is 36.4 Å². The van der Waals surface area contributed by atoms with Gasteiger partial charge in [0.1, 0.15) is 0 Å². The quantitative estimate of drug-likeness (QED) is 0.598. The van der Waals surface area contributed by atoms with Crippen molar-refractivity contribution < 1.29 is 0 Å². The van der Waals surface area contributed by atoms with Gasteiger partial charge in [0.05, 0.1) is 0 Å². The second-order valence-electron chi connectivity index (χ2n) is 5.16. The number of rotatable bonds is 0. The third kappa shape index (κ3) is 2.27. The number of hydrogen-bond donors (Lipinski definition) is 0. The lowest BCUT2D eigenvalue weighted by molar-refractivity contribution is 0.737. The van der Waals surface area contributed by atoms with Crippen LogP contribution in [0.3, 0.4) is 0 Å². The molecule has 0 N–H and O–H groups in total. The third-order valence-corrected chi connectivity index (χ3v) is 2.74. The third-order valence-electron chi connectivity index (χ3n) is 2.74. The fraction of sp³-hybridized carbons (Fsp3) is 0.375. The summed E-state index contributed by atoms with van der Waals surface area (Å²) < 4.78 is 0. The highest BCUT2D eigenvalue weighted by molar-refractivity contribution is 5.90. The molecule has 0 saturated heterocycles. The van der Waals surface area contributed by atoms with Crippen LogP contribution in [0.25, 0.3) is 10.8 Å². The van der Waals surface area contributed by atoms with E-state index in [1.165, 1.54) is 34.7 Å². The van der Waals surface area contributed by atoms with Crippen LogP contribution in [0.4, 0.5) is 0 Å². The molecule has 0 aromatic heterocycles. The van der Waals surface area contributed by atoms with E-state index in [4.69, 9.17) is 0 Å². The van der Waals surface area contributed by atoms with E-state index in [1.807, 2.05) is 0 Å². The Morgan fingerprint density at radius 3 is 1.69 bits per heavy atom. The van der Waals surface area contributed by atoms with Gasteiger partial charge in [-0.15, -0.1) is 0 Å². The Morgan fingerprint density at radius 2 is 1.25 bits per heavy atom. The molecule has 1 aliphatic carbocycles. The van der Waals surface area contributed by atoms with Crippen LogP contribution < -0.4 is 0 Å². The first-order chi connectivity index (χ1) is 7.68. The van der Waals surface area contributed by atoms with Crippen molar-refractivity contribution >= 4 is 10.8 Å². The summed E-state index contributed by atoms with van der Waals surface area (Å²) in [5.74, 6) is 0.833. The molecule has 16 heavy (non-hydrogen) atoms. The molecule has 3 rings (SSSR count). The van der Waals surface area contributed by atoms with E-state index in [0.29, 0.717) is 0 Å². The molecule has 0 radical (unpaired) electrons. The van der Waals surface area contributed by atoms with Crippen molar-refractivity contribution in [2.45, 2.75) is 33.6 Å². The summed E-state index contributed by atoms with van der Waals surface area (Å²) in [6.07, 6.45) is 2.47. The molecular weight excluding hydrogens is 192 g/mol. The second-order valence-corrected chi connectivity index (χ2v) is 5.16. The van der Waals surface area contributed by atoms with Crippen molar-refractivity contribution in [2.75, 3.05) is 0 Å². The molecule has 0 aliphatic heterocycles. The van der Waals surface area contributed by atoms with Crippen LogP contribution >= 0.6 is 0 Å². The summed E-state index contributed by atoms with van der Waals surface area (Å²) in [5, 5.41) is 2.92. The molecule has 2 aromatic rings. The maximum absolute atomic E-state index is 2.25. The lowest BCUT2D eigenvalue weighted by atomic mass is 10.1. The molecule has 0 heterocycles. The van der Waals surface area contributed by atoms with Gasteiger partial charge in [-0.3, -0.25) is 0 Å². The van der Waals surface area contributed by atoms with Crippen LogP contribution in [0.1, 0.15) is 31.9 Å². The SMILES string of the molecule is CC(C)C.c1cc2c3c(cccc3c1)CC2. The molecule has 0 fully saturated rings. The van der Waals surface area contributed by atoms with Gasteiger partial charge in [-0.2, -0.15) is 0 Å². The van der Waals surface area contributed by atoms with E-state index in [1.54, 1.807) is 0 Å². The smallest absolute Gasteiger partial charge is 0.0120 e. The van der Waals surface area contributed by atoms with Gasteiger partial charge >= 0.3 is 0 Å². The van der Waals surface area contributed by atoms with Gasteiger partial charge in [0.25, 0.3) is 0 Å². The molecule has 84 valence electrons. The average molecular weight is 212 g/mol. The zero-order valence-corrected chi connectivity index (χ0v) is 10.5. The van der Waals surface area contributed by atoms with E-state index in [0.717, 1.165) is 5.92 Å². The lowest BCUT2D eigenvalue weighted by Gasteiger charge is -1.99. The van der Waals surface area contributed by atoms with Gasteiger partial charge in [0.2, 0.25) is 0 Å². The standard InChI is InChI=1S/C12H10.C4H10/c1-3-9-4-2-6-11-8-7-10(5-1)12(9)11;1-4(2)3/h1-6H,7-8H2;4H,1-3H3. The Bertz CT molecular complexity index is 439. The predicted octanol–water partition coefficient (Wildman–Crippen LogP) is 4.60. The molecule has 2 aromatic carbocycles. The van der Waals surface area contributed by atoms with Crippen molar-refractivity contribution in [3.63, 3.8) is 0 Å². The maximum Gasteiger partial charge on any atom is -0.0120 e. The Balaban J connectivity index is 0.000000212. The Labute approximate surface area is 98.3 Å². The summed E-state index contributed by atoms with van der Waals surface area (Å²) in [6, 6.07) is 13.2. The topological polar surface area (TPSA) is 0 Å². The van der Waals surface area contributed by atoms with E-state index in [2.05, 4.69) is 57.2 Å². The predicted molar refractivity (Wildman–Crippen MR) is 71.9 cm³/mol. The first-order valence-corrected chi connectivity index (χ1v) is 6.18. The Morgan fingerprint density at radius 1 is 0.812 bits per heavy atom. The summed E-state index contributed by atoms with van der Waals surface area (Å²) in [6.45, 7) is 6.50. The van der Waals surface area contributed by atoms with Crippen LogP contribution in [-0.4, -0.2) is 0 Å². The zero-order chi connectivity index (χ0) is 11.5. The summed E-state index contributed by atoms with van der Waals surface area (Å²) in [7, 11) is 0. The van der Waals surface area contributed by atoms with E-state index < -0.39 is 0 Å². The molecule has 0 atom stereocenters. The van der Waals surface area contributed by atoms with Gasteiger partial charge in [0.15, 0.2) is 0 Å². The van der Waals surface area contributed by atoms with Gasteiger partial charge in [0, 0.05) is 0 Å². The van der Waals surface area contributed by atoms with Crippen molar-refractivity contribution in [3.8, 4) is 0 Å². The minimum absolute atomic E-state index is 0.833. The maximum atomic E-state index is 2.25. The van der Waals surface area contributed by atoms with Gasteiger partial charge in [-0.05, 0) is 40.7 Å². The van der Waals surface area contributed by atoms with E-state index in [9.17, 15) is 0 Å². The van der Waals surface area contributed by atoms with Crippen molar-refractivity contribution in [3.05, 3.63) is 47.5 Å². The first-order valence-electron chi connectivity index (χ1n) is 6.18. The fourth-order valence-electron chi connectivity index (χ4n) is 2.19. The summed E-state index contributed by atoms with van der Waals surface area (Å²) in [4.78, 5) is 0. The molecule has 0 heteroatoms. The van der Waals surface area contributed by atoms with Crippen LogP contribution in [0.5, 0.6) is 0 Å². The average Bonchev–Trinajstić information content (AvgIpc) is 2.64. The lowest BCUT2D eigenvalue weighted by Crippen LogP contribution is -1.76. The molecule has 0 bridgehead atoms. The molecule has 0 spiro atoms. The largest absolute Gasteiger partial charge is 0.0630 e. The molecule has 0 unspecified atom stereocenters. The summed E-state index contributed by atoms with van der Waals surface area (Å²) >= 11 is 0. The summed E-state index contributed by atoms with van der Waals surface area (Å²) in [5.41, 5.74) is 3.06. The number of hydrogen-bond acceptors (Lipinski definition) is 0. The van der Waals surface area contributed by atoms with E-state index in [-0.39, 0.29) is 0 Å². The molecule has 1 aliphatic rings. The molecule has 0 saturated carbocycles.